The average molecular weight is 611 g/mol. The maximum Gasteiger partial charge on any atom is 0.573 e. The van der Waals surface area contributed by atoms with Crippen molar-refractivity contribution >= 4 is 23.4 Å². The van der Waals surface area contributed by atoms with Gasteiger partial charge in [0.1, 0.15) is 11.4 Å². The van der Waals surface area contributed by atoms with Crippen LogP contribution in [0, 0.1) is 0 Å². The topological polar surface area (TPSA) is 111 Å². The number of benzene rings is 2. The van der Waals surface area contributed by atoms with Gasteiger partial charge < -0.3 is 14.8 Å². The Morgan fingerprint density at radius 1 is 0.932 bits per heavy atom. The van der Waals surface area contributed by atoms with Gasteiger partial charge in [-0.25, -0.2) is 0 Å². The molecule has 0 fully saturated rings. The average Bonchev–Trinajstić information content (AvgIpc) is 3.21. The number of halogens is 3. The minimum absolute atomic E-state index is 0.00386. The van der Waals surface area contributed by atoms with Gasteiger partial charge in [-0.05, 0) is 62.1 Å². The fourth-order valence-corrected chi connectivity index (χ4v) is 4.60. The van der Waals surface area contributed by atoms with E-state index in [1.165, 1.54) is 30.0 Å². The van der Waals surface area contributed by atoms with Crippen molar-refractivity contribution in [2.24, 2.45) is 0 Å². The Morgan fingerprint density at radius 2 is 1.57 bits per heavy atom. The summed E-state index contributed by atoms with van der Waals surface area (Å²) in [5.74, 6) is -1.82. The number of alkyl halides is 3. The van der Waals surface area contributed by atoms with E-state index in [1.54, 1.807) is 39.0 Å². The summed E-state index contributed by atoms with van der Waals surface area (Å²) in [6.45, 7) is 10.7. The van der Waals surface area contributed by atoms with Crippen LogP contribution in [-0.4, -0.2) is 39.8 Å². The molecule has 2 aromatic carbocycles. The minimum atomic E-state index is -4.90. The molecule has 3 aromatic rings. The molecule has 1 aromatic heterocycles. The molecule has 1 aliphatic heterocycles. The molecule has 0 saturated carbocycles. The van der Waals surface area contributed by atoms with Crippen LogP contribution in [0.15, 0.2) is 72.0 Å². The van der Waals surface area contributed by atoms with E-state index in [0.29, 0.717) is 16.8 Å². The quantitative estimate of drug-likeness (QED) is 0.288. The molecular formula is C32H33F3N4O5. The van der Waals surface area contributed by atoms with Crippen LogP contribution in [0.25, 0.3) is 0 Å². The van der Waals surface area contributed by atoms with Gasteiger partial charge in [0.05, 0.1) is 23.9 Å². The molecule has 12 heteroatoms. The second-order valence-electron chi connectivity index (χ2n) is 11.6. The number of ketones is 1. The largest absolute Gasteiger partial charge is 0.573 e. The van der Waals surface area contributed by atoms with E-state index < -0.39 is 35.4 Å². The summed E-state index contributed by atoms with van der Waals surface area (Å²) in [4.78, 5) is 40.9. The molecule has 0 bridgehead atoms. The molecule has 0 saturated heterocycles. The first-order valence-electron chi connectivity index (χ1n) is 13.9. The Kier molecular flexibility index (Phi) is 9.12. The fraction of sp³-hybridized carbons (Fsp3) is 0.344. The number of nitrogens with zero attached hydrogens (tertiary/aromatic N) is 3. The van der Waals surface area contributed by atoms with E-state index in [4.69, 9.17) is 4.74 Å². The number of aromatic nitrogens is 2. The second kappa shape index (κ2) is 12.5. The summed E-state index contributed by atoms with van der Waals surface area (Å²) in [7, 11) is 0. The lowest BCUT2D eigenvalue weighted by molar-refractivity contribution is -0.274. The van der Waals surface area contributed by atoms with Crippen molar-refractivity contribution in [3.63, 3.8) is 0 Å². The minimum Gasteiger partial charge on any atom is -0.482 e. The third-order valence-electron chi connectivity index (χ3n) is 6.58. The molecule has 9 nitrogen and oxygen atoms in total. The van der Waals surface area contributed by atoms with E-state index in [1.807, 2.05) is 26.0 Å². The lowest BCUT2D eigenvalue weighted by Gasteiger charge is -2.26. The monoisotopic (exact) mass is 610 g/mol. The number of hydrogen-bond donors (Lipinski definition) is 1. The van der Waals surface area contributed by atoms with Crippen LogP contribution in [0.5, 0.6) is 5.75 Å². The third-order valence-corrected chi connectivity index (χ3v) is 6.58. The molecule has 2 amide bonds. The molecule has 4 rings (SSSR count). The highest BCUT2D eigenvalue weighted by Crippen LogP contribution is 2.44. The first kappa shape index (κ1) is 32.2. The molecule has 1 unspecified atom stereocenters. The molecule has 232 valence electrons. The number of ether oxygens (including phenoxy) is 2. The molecule has 0 radical (unpaired) electrons. The lowest BCUT2D eigenvalue weighted by Crippen LogP contribution is -2.33. The normalized spacial score (nSPS) is 15.5. The summed E-state index contributed by atoms with van der Waals surface area (Å²) < 4.78 is 48.7. The van der Waals surface area contributed by atoms with E-state index in [2.05, 4.69) is 20.3 Å². The highest BCUT2D eigenvalue weighted by Gasteiger charge is 2.47. The Morgan fingerprint density at radius 3 is 2.07 bits per heavy atom. The standard InChI is InChI=1S/C32H33F3N4O5/c1-18(2)20-7-9-22(10-8-20)28(41)26-27(21-11-14-24(15-12-21)43-32(33,34)35)39(30(42)29(26)44-31(4,5)6)25-16-13-23(37-38-25)17-36-19(3)40/h7-16,18,27H,17H2,1-6H3,(H,36,40). The summed E-state index contributed by atoms with van der Waals surface area (Å²) in [6, 6.07) is 13.8. The van der Waals surface area contributed by atoms with E-state index in [9.17, 15) is 27.6 Å². The SMILES string of the molecule is CC(=O)NCc1ccc(N2C(=O)C(OC(C)(C)C)=C(C(=O)c3ccc(C(C)C)cc3)C2c2ccc(OC(F)(F)F)cc2)nn1. The first-order valence-corrected chi connectivity index (χ1v) is 13.9. The van der Waals surface area contributed by atoms with Crippen LogP contribution < -0.4 is 15.0 Å². The number of carbonyl (C=O) groups is 3. The van der Waals surface area contributed by atoms with Crippen molar-refractivity contribution in [1.29, 1.82) is 0 Å². The summed E-state index contributed by atoms with van der Waals surface area (Å²) >= 11 is 0. The van der Waals surface area contributed by atoms with Crippen molar-refractivity contribution in [3.8, 4) is 5.75 Å². The number of carbonyl (C=O) groups excluding carboxylic acids is 3. The Balaban J connectivity index is 1.87. The van der Waals surface area contributed by atoms with Gasteiger partial charge in [-0.2, -0.15) is 5.10 Å². The highest BCUT2D eigenvalue weighted by atomic mass is 19.4. The summed E-state index contributed by atoms with van der Waals surface area (Å²) in [5, 5.41) is 10.9. The molecular weight excluding hydrogens is 577 g/mol. The van der Waals surface area contributed by atoms with Crippen molar-refractivity contribution < 1.29 is 37.0 Å². The highest BCUT2D eigenvalue weighted by molar-refractivity contribution is 6.21. The lowest BCUT2D eigenvalue weighted by atomic mass is 9.91. The van der Waals surface area contributed by atoms with Crippen LogP contribution >= 0.6 is 0 Å². The second-order valence-corrected chi connectivity index (χ2v) is 11.6. The Labute approximate surface area is 253 Å². The van der Waals surface area contributed by atoms with Crippen molar-refractivity contribution in [2.75, 3.05) is 4.90 Å². The van der Waals surface area contributed by atoms with Crippen molar-refractivity contribution in [1.82, 2.24) is 15.5 Å². The van der Waals surface area contributed by atoms with Gasteiger partial charge in [-0.15, -0.1) is 18.3 Å². The van der Waals surface area contributed by atoms with Gasteiger partial charge in [0, 0.05) is 12.5 Å². The van der Waals surface area contributed by atoms with E-state index in [0.717, 1.165) is 17.7 Å². The molecule has 0 aliphatic carbocycles. The molecule has 1 atom stereocenters. The third kappa shape index (κ3) is 7.61. The number of rotatable bonds is 9. The van der Waals surface area contributed by atoms with Gasteiger partial charge in [0.15, 0.2) is 17.4 Å². The molecule has 44 heavy (non-hydrogen) atoms. The number of Topliss-reactive ketones (excluding diaryl/α,β-unsaturated/α-hetero) is 1. The molecule has 2 heterocycles. The first-order chi connectivity index (χ1) is 20.5. The van der Waals surface area contributed by atoms with Gasteiger partial charge in [0.2, 0.25) is 5.91 Å². The van der Waals surface area contributed by atoms with Crippen LogP contribution in [-0.2, 0) is 20.9 Å². The van der Waals surface area contributed by atoms with E-state index >= 15 is 0 Å². The van der Waals surface area contributed by atoms with Gasteiger partial charge in [-0.1, -0.05) is 50.2 Å². The van der Waals surface area contributed by atoms with Crippen LogP contribution in [0.2, 0.25) is 0 Å². The molecule has 0 spiro atoms. The number of anilines is 1. The number of nitrogens with one attached hydrogen (secondary N) is 1. The van der Waals surface area contributed by atoms with Gasteiger partial charge >= 0.3 is 6.36 Å². The maximum absolute atomic E-state index is 14.2. The zero-order valence-electron chi connectivity index (χ0n) is 25.2. The van der Waals surface area contributed by atoms with Gasteiger partial charge in [0.25, 0.3) is 5.91 Å². The Hall–Kier alpha value is -4.74. The predicted molar refractivity (Wildman–Crippen MR) is 156 cm³/mol. The fourth-order valence-electron chi connectivity index (χ4n) is 4.60. The smallest absolute Gasteiger partial charge is 0.482 e. The number of amides is 2. The van der Waals surface area contributed by atoms with Crippen molar-refractivity contribution in [2.45, 2.75) is 72.0 Å². The van der Waals surface area contributed by atoms with E-state index in [-0.39, 0.29) is 35.5 Å². The maximum atomic E-state index is 14.2. The van der Waals surface area contributed by atoms with Crippen LogP contribution in [0.4, 0.5) is 19.0 Å². The Bertz CT molecular complexity index is 1560. The zero-order chi connectivity index (χ0) is 32.4. The summed E-state index contributed by atoms with van der Waals surface area (Å²) in [5.41, 5.74) is 1.14. The number of hydrogen-bond acceptors (Lipinski definition) is 7. The molecule has 1 N–H and O–H groups in total. The zero-order valence-corrected chi connectivity index (χ0v) is 25.2. The predicted octanol–water partition coefficient (Wildman–Crippen LogP) is 6.17. The van der Waals surface area contributed by atoms with Gasteiger partial charge in [-0.3, -0.25) is 19.3 Å². The molecule has 1 aliphatic rings. The summed E-state index contributed by atoms with van der Waals surface area (Å²) in [6.07, 6.45) is -4.90. The van der Waals surface area contributed by atoms with Crippen LogP contribution in [0.1, 0.15) is 80.7 Å². The van der Waals surface area contributed by atoms with Crippen molar-refractivity contribution in [3.05, 3.63) is 94.4 Å². The van der Waals surface area contributed by atoms with Crippen LogP contribution in [0.3, 0.4) is 0 Å².